The minimum absolute atomic E-state index is 0.171. The standard InChI is InChI=1S/C21H18Cl3N3O2/c1-2-11-27(20(28)10-8-14-7-9-17(23)18(24)12-14)13-19-25-26-21(29-19)15-5-3-4-6-16(15)22/h3-10,12H,2,11,13H2,1H3/b10-8+. The largest absolute Gasteiger partial charge is 0.419 e. The topological polar surface area (TPSA) is 59.2 Å². The molecule has 0 aliphatic rings. The number of hydrogen-bond acceptors (Lipinski definition) is 4. The second-order valence-corrected chi connectivity index (χ2v) is 7.47. The van der Waals surface area contributed by atoms with E-state index >= 15 is 0 Å². The first-order valence-electron chi connectivity index (χ1n) is 8.97. The number of benzene rings is 2. The van der Waals surface area contributed by atoms with E-state index in [9.17, 15) is 4.79 Å². The lowest BCUT2D eigenvalue weighted by Gasteiger charge is -2.18. The number of hydrogen-bond donors (Lipinski definition) is 0. The van der Waals surface area contributed by atoms with Crippen LogP contribution in [0.3, 0.4) is 0 Å². The van der Waals surface area contributed by atoms with Gasteiger partial charge in [-0.05, 0) is 42.3 Å². The van der Waals surface area contributed by atoms with Crippen molar-refractivity contribution in [1.82, 2.24) is 15.1 Å². The first kappa shape index (κ1) is 21.4. The second kappa shape index (κ2) is 9.92. The molecule has 29 heavy (non-hydrogen) atoms. The van der Waals surface area contributed by atoms with Gasteiger partial charge in [-0.2, -0.15) is 0 Å². The Bertz CT molecular complexity index is 1030. The summed E-state index contributed by atoms with van der Waals surface area (Å²) in [5.41, 5.74) is 1.43. The monoisotopic (exact) mass is 449 g/mol. The highest BCUT2D eigenvalue weighted by molar-refractivity contribution is 6.42. The summed E-state index contributed by atoms with van der Waals surface area (Å²) in [5, 5.41) is 9.52. The minimum atomic E-state index is -0.171. The molecule has 5 nitrogen and oxygen atoms in total. The van der Waals surface area contributed by atoms with Gasteiger partial charge in [0.25, 0.3) is 0 Å². The lowest BCUT2D eigenvalue weighted by molar-refractivity contribution is -0.126. The fourth-order valence-electron chi connectivity index (χ4n) is 2.65. The molecule has 0 radical (unpaired) electrons. The summed E-state index contributed by atoms with van der Waals surface area (Å²) in [5.74, 6) is 0.487. The Morgan fingerprint density at radius 3 is 2.59 bits per heavy atom. The zero-order chi connectivity index (χ0) is 20.8. The van der Waals surface area contributed by atoms with E-state index in [0.29, 0.717) is 39.0 Å². The molecule has 150 valence electrons. The first-order chi connectivity index (χ1) is 14.0. The van der Waals surface area contributed by atoms with E-state index in [2.05, 4.69) is 10.2 Å². The molecule has 0 spiro atoms. The van der Waals surface area contributed by atoms with Crippen LogP contribution in [0.15, 0.2) is 53.0 Å². The van der Waals surface area contributed by atoms with Gasteiger partial charge in [0.2, 0.25) is 17.7 Å². The maximum absolute atomic E-state index is 12.7. The number of carbonyl (C=O) groups excluding carboxylic acids is 1. The van der Waals surface area contributed by atoms with Crippen LogP contribution in [0.1, 0.15) is 24.8 Å². The van der Waals surface area contributed by atoms with Crippen molar-refractivity contribution in [2.75, 3.05) is 6.54 Å². The van der Waals surface area contributed by atoms with E-state index < -0.39 is 0 Å². The lowest BCUT2D eigenvalue weighted by Crippen LogP contribution is -2.29. The molecule has 0 unspecified atom stereocenters. The lowest BCUT2D eigenvalue weighted by atomic mass is 10.2. The van der Waals surface area contributed by atoms with Crippen LogP contribution in [0.2, 0.25) is 15.1 Å². The van der Waals surface area contributed by atoms with Gasteiger partial charge < -0.3 is 9.32 Å². The Hall–Kier alpha value is -2.34. The molecule has 0 fully saturated rings. The van der Waals surface area contributed by atoms with E-state index in [4.69, 9.17) is 39.2 Å². The van der Waals surface area contributed by atoms with Crippen LogP contribution in [0.4, 0.5) is 0 Å². The second-order valence-electron chi connectivity index (χ2n) is 6.25. The van der Waals surface area contributed by atoms with Crippen molar-refractivity contribution in [2.45, 2.75) is 19.9 Å². The number of rotatable bonds is 7. The van der Waals surface area contributed by atoms with Gasteiger partial charge in [0.1, 0.15) is 0 Å². The van der Waals surface area contributed by atoms with Crippen molar-refractivity contribution in [2.24, 2.45) is 0 Å². The molecule has 0 N–H and O–H groups in total. The first-order valence-corrected chi connectivity index (χ1v) is 10.1. The molecule has 0 atom stereocenters. The minimum Gasteiger partial charge on any atom is -0.419 e. The molecule has 0 saturated carbocycles. The van der Waals surface area contributed by atoms with Crippen LogP contribution >= 0.6 is 34.8 Å². The molecule has 1 heterocycles. The highest BCUT2D eigenvalue weighted by Crippen LogP contribution is 2.26. The maximum atomic E-state index is 12.7. The summed E-state index contributed by atoms with van der Waals surface area (Å²) in [6.07, 6.45) is 3.97. The third-order valence-electron chi connectivity index (χ3n) is 4.06. The number of nitrogens with zero attached hydrogens (tertiary/aromatic N) is 3. The van der Waals surface area contributed by atoms with Crippen LogP contribution in [0.5, 0.6) is 0 Å². The van der Waals surface area contributed by atoms with E-state index in [1.54, 1.807) is 41.3 Å². The number of carbonyl (C=O) groups is 1. The summed E-state index contributed by atoms with van der Waals surface area (Å²) in [6, 6.07) is 12.4. The number of amides is 1. The van der Waals surface area contributed by atoms with Crippen LogP contribution in [0, 0.1) is 0 Å². The van der Waals surface area contributed by atoms with Crippen molar-refractivity contribution < 1.29 is 9.21 Å². The van der Waals surface area contributed by atoms with Gasteiger partial charge >= 0.3 is 0 Å². The third-order valence-corrected chi connectivity index (χ3v) is 5.13. The summed E-state index contributed by atoms with van der Waals surface area (Å²) in [7, 11) is 0. The summed E-state index contributed by atoms with van der Waals surface area (Å²) < 4.78 is 5.71. The summed E-state index contributed by atoms with van der Waals surface area (Å²) in [4.78, 5) is 14.3. The van der Waals surface area contributed by atoms with Gasteiger partial charge in [-0.3, -0.25) is 4.79 Å². The molecule has 8 heteroatoms. The van der Waals surface area contributed by atoms with Crippen molar-refractivity contribution in [3.63, 3.8) is 0 Å². The predicted molar refractivity (Wildman–Crippen MR) is 116 cm³/mol. The van der Waals surface area contributed by atoms with E-state index in [1.807, 2.05) is 19.1 Å². The molecular weight excluding hydrogens is 433 g/mol. The Kier molecular flexibility index (Phi) is 7.31. The van der Waals surface area contributed by atoms with E-state index in [0.717, 1.165) is 12.0 Å². The molecule has 0 aliphatic carbocycles. The van der Waals surface area contributed by atoms with Crippen LogP contribution in [-0.2, 0) is 11.3 Å². The SMILES string of the molecule is CCCN(Cc1nnc(-c2ccccc2Cl)o1)C(=O)/C=C/c1ccc(Cl)c(Cl)c1. The van der Waals surface area contributed by atoms with Crippen LogP contribution in [0.25, 0.3) is 17.5 Å². The zero-order valence-corrected chi connectivity index (χ0v) is 17.9. The van der Waals surface area contributed by atoms with E-state index in [1.165, 1.54) is 6.08 Å². The fourth-order valence-corrected chi connectivity index (χ4v) is 3.17. The highest BCUT2D eigenvalue weighted by Gasteiger charge is 2.16. The van der Waals surface area contributed by atoms with Gasteiger partial charge in [0.05, 0.1) is 27.2 Å². The average molecular weight is 451 g/mol. The molecular formula is C21H18Cl3N3O2. The van der Waals surface area contributed by atoms with Gasteiger partial charge in [-0.15, -0.1) is 10.2 Å². The average Bonchev–Trinajstić information content (AvgIpc) is 3.17. The number of aromatic nitrogens is 2. The Morgan fingerprint density at radius 2 is 1.86 bits per heavy atom. The normalized spacial score (nSPS) is 11.2. The van der Waals surface area contributed by atoms with Crippen molar-refractivity contribution >= 4 is 46.8 Å². The smallest absolute Gasteiger partial charge is 0.249 e. The predicted octanol–water partition coefficient (Wildman–Crippen LogP) is 6.15. The van der Waals surface area contributed by atoms with Crippen molar-refractivity contribution in [3.8, 4) is 11.5 Å². The van der Waals surface area contributed by atoms with Crippen molar-refractivity contribution in [1.29, 1.82) is 0 Å². The molecule has 1 amide bonds. The summed E-state index contributed by atoms with van der Waals surface area (Å²) in [6.45, 7) is 2.75. The molecule has 2 aromatic carbocycles. The Labute approximate surface area is 183 Å². The molecule has 0 saturated heterocycles. The Morgan fingerprint density at radius 1 is 1.07 bits per heavy atom. The molecule has 3 aromatic rings. The van der Waals surface area contributed by atoms with Gasteiger partial charge in [0, 0.05) is 12.6 Å². The van der Waals surface area contributed by atoms with Crippen LogP contribution < -0.4 is 0 Å². The quantitative estimate of drug-likeness (QED) is 0.405. The van der Waals surface area contributed by atoms with Gasteiger partial charge in [-0.25, -0.2) is 0 Å². The van der Waals surface area contributed by atoms with E-state index in [-0.39, 0.29) is 12.5 Å². The van der Waals surface area contributed by atoms with Gasteiger partial charge in [0.15, 0.2) is 0 Å². The van der Waals surface area contributed by atoms with Gasteiger partial charge in [-0.1, -0.05) is 59.9 Å². The third kappa shape index (κ3) is 5.60. The fraction of sp³-hybridized carbons (Fsp3) is 0.190. The molecule has 1 aromatic heterocycles. The zero-order valence-electron chi connectivity index (χ0n) is 15.6. The highest BCUT2D eigenvalue weighted by atomic mass is 35.5. The molecule has 0 aliphatic heterocycles. The van der Waals surface area contributed by atoms with Crippen molar-refractivity contribution in [3.05, 3.63) is 75.1 Å². The molecule has 0 bridgehead atoms. The Balaban J connectivity index is 1.73. The maximum Gasteiger partial charge on any atom is 0.249 e. The van der Waals surface area contributed by atoms with Crippen LogP contribution in [-0.4, -0.2) is 27.5 Å². The number of halogens is 3. The molecule has 3 rings (SSSR count). The summed E-state index contributed by atoms with van der Waals surface area (Å²) >= 11 is 18.1.